The maximum Gasteiger partial charge on any atom is 0.126 e. The zero-order valence-electron chi connectivity index (χ0n) is 16.5. The van der Waals surface area contributed by atoms with E-state index in [0.717, 1.165) is 56.7 Å². The standard InChI is InChI=1S/C23H33NO2/c1-4-10-20-17-21(23(26-5-2)18-22(20)25-3)13-9-15-24-16-14-19-11-7-6-8-12-19/h6-8,11-12,17-18,24H,4-5,9-10,13-16H2,1-3H3. The Morgan fingerprint density at radius 2 is 1.62 bits per heavy atom. The van der Waals surface area contributed by atoms with Crippen LogP contribution in [0.5, 0.6) is 11.5 Å². The van der Waals surface area contributed by atoms with Gasteiger partial charge in [0.15, 0.2) is 0 Å². The number of hydrogen-bond donors (Lipinski definition) is 1. The minimum Gasteiger partial charge on any atom is -0.496 e. The van der Waals surface area contributed by atoms with Crippen LogP contribution in [0.2, 0.25) is 0 Å². The van der Waals surface area contributed by atoms with Gasteiger partial charge in [-0.05, 0) is 68.5 Å². The fourth-order valence-electron chi connectivity index (χ4n) is 3.20. The summed E-state index contributed by atoms with van der Waals surface area (Å²) in [4.78, 5) is 0. The third-order valence-corrected chi connectivity index (χ3v) is 4.52. The molecule has 0 fully saturated rings. The highest BCUT2D eigenvalue weighted by molar-refractivity contribution is 5.47. The van der Waals surface area contributed by atoms with E-state index in [-0.39, 0.29) is 0 Å². The van der Waals surface area contributed by atoms with E-state index in [0.29, 0.717) is 6.61 Å². The van der Waals surface area contributed by atoms with Crippen molar-refractivity contribution in [3.63, 3.8) is 0 Å². The number of benzene rings is 2. The van der Waals surface area contributed by atoms with Gasteiger partial charge in [0.1, 0.15) is 11.5 Å². The number of hydrogen-bond acceptors (Lipinski definition) is 3. The van der Waals surface area contributed by atoms with Crippen LogP contribution in [0.1, 0.15) is 43.4 Å². The topological polar surface area (TPSA) is 30.5 Å². The molecule has 2 aromatic carbocycles. The zero-order chi connectivity index (χ0) is 18.6. The van der Waals surface area contributed by atoms with Crippen molar-refractivity contribution in [1.82, 2.24) is 5.32 Å². The lowest BCUT2D eigenvalue weighted by molar-refractivity contribution is 0.331. The Hall–Kier alpha value is -2.00. The lowest BCUT2D eigenvalue weighted by Crippen LogP contribution is -2.19. The molecule has 0 spiro atoms. The maximum atomic E-state index is 5.85. The van der Waals surface area contributed by atoms with Gasteiger partial charge in [-0.3, -0.25) is 0 Å². The van der Waals surface area contributed by atoms with Gasteiger partial charge in [-0.15, -0.1) is 0 Å². The van der Waals surface area contributed by atoms with E-state index >= 15 is 0 Å². The first-order valence-electron chi connectivity index (χ1n) is 9.85. The summed E-state index contributed by atoms with van der Waals surface area (Å²) in [6.07, 6.45) is 5.36. The van der Waals surface area contributed by atoms with E-state index in [1.54, 1.807) is 7.11 Å². The van der Waals surface area contributed by atoms with Gasteiger partial charge in [-0.1, -0.05) is 43.7 Å². The summed E-state index contributed by atoms with van der Waals surface area (Å²) in [5.41, 5.74) is 3.96. The van der Waals surface area contributed by atoms with Crippen molar-refractivity contribution < 1.29 is 9.47 Å². The van der Waals surface area contributed by atoms with Gasteiger partial charge < -0.3 is 14.8 Å². The molecule has 0 amide bonds. The van der Waals surface area contributed by atoms with E-state index < -0.39 is 0 Å². The van der Waals surface area contributed by atoms with Gasteiger partial charge in [0.25, 0.3) is 0 Å². The third-order valence-electron chi connectivity index (χ3n) is 4.52. The van der Waals surface area contributed by atoms with Crippen molar-refractivity contribution in [2.24, 2.45) is 0 Å². The molecule has 0 atom stereocenters. The summed E-state index contributed by atoms with van der Waals surface area (Å²) in [6.45, 7) is 6.95. The highest BCUT2D eigenvalue weighted by Gasteiger charge is 2.11. The molecule has 0 radical (unpaired) electrons. The third kappa shape index (κ3) is 6.38. The molecule has 0 bridgehead atoms. The fourth-order valence-corrected chi connectivity index (χ4v) is 3.20. The average Bonchev–Trinajstić information content (AvgIpc) is 2.67. The van der Waals surface area contributed by atoms with Gasteiger partial charge in [0.2, 0.25) is 0 Å². The summed E-state index contributed by atoms with van der Waals surface area (Å²) in [7, 11) is 1.74. The molecular formula is C23H33NO2. The first-order valence-corrected chi connectivity index (χ1v) is 9.85. The number of rotatable bonds is 12. The smallest absolute Gasteiger partial charge is 0.126 e. The molecule has 3 nitrogen and oxygen atoms in total. The molecule has 26 heavy (non-hydrogen) atoms. The van der Waals surface area contributed by atoms with Crippen LogP contribution in [0.15, 0.2) is 42.5 Å². The fraction of sp³-hybridized carbons (Fsp3) is 0.478. The SMILES string of the molecule is CCCc1cc(CCCNCCc2ccccc2)c(OCC)cc1OC. The molecule has 0 aliphatic heterocycles. The molecule has 0 heterocycles. The summed E-state index contributed by atoms with van der Waals surface area (Å²) in [6, 6.07) is 15.0. The van der Waals surface area contributed by atoms with Gasteiger partial charge in [0.05, 0.1) is 13.7 Å². The second-order valence-electron chi connectivity index (χ2n) is 6.54. The van der Waals surface area contributed by atoms with Gasteiger partial charge in [-0.2, -0.15) is 0 Å². The highest BCUT2D eigenvalue weighted by atomic mass is 16.5. The molecule has 0 aliphatic rings. The molecule has 3 heteroatoms. The quantitative estimate of drug-likeness (QED) is 0.554. The number of methoxy groups -OCH3 is 1. The molecule has 0 unspecified atom stereocenters. The second-order valence-corrected chi connectivity index (χ2v) is 6.54. The highest BCUT2D eigenvalue weighted by Crippen LogP contribution is 2.31. The predicted molar refractivity (Wildman–Crippen MR) is 109 cm³/mol. The van der Waals surface area contributed by atoms with Crippen LogP contribution in [0, 0.1) is 0 Å². The van der Waals surface area contributed by atoms with Crippen LogP contribution < -0.4 is 14.8 Å². The Bertz CT molecular complexity index is 640. The lowest BCUT2D eigenvalue weighted by Gasteiger charge is -2.16. The van der Waals surface area contributed by atoms with Crippen molar-refractivity contribution in [3.8, 4) is 11.5 Å². The monoisotopic (exact) mass is 355 g/mol. The van der Waals surface area contributed by atoms with E-state index in [9.17, 15) is 0 Å². The van der Waals surface area contributed by atoms with Crippen molar-refractivity contribution >= 4 is 0 Å². The Balaban J connectivity index is 1.85. The van der Waals surface area contributed by atoms with E-state index in [1.165, 1.54) is 16.7 Å². The first kappa shape index (κ1) is 20.3. The van der Waals surface area contributed by atoms with Gasteiger partial charge in [-0.25, -0.2) is 0 Å². The molecular weight excluding hydrogens is 322 g/mol. The zero-order valence-corrected chi connectivity index (χ0v) is 16.5. The van der Waals surface area contributed by atoms with Gasteiger partial charge in [0, 0.05) is 6.07 Å². The molecule has 1 N–H and O–H groups in total. The number of aryl methyl sites for hydroxylation is 2. The number of ether oxygens (including phenoxy) is 2. The Morgan fingerprint density at radius 3 is 2.31 bits per heavy atom. The molecule has 0 aliphatic carbocycles. The normalized spacial score (nSPS) is 10.7. The molecule has 0 saturated heterocycles. The molecule has 0 saturated carbocycles. The number of nitrogens with one attached hydrogen (secondary N) is 1. The maximum absolute atomic E-state index is 5.85. The van der Waals surface area contributed by atoms with E-state index in [2.05, 4.69) is 54.7 Å². The summed E-state index contributed by atoms with van der Waals surface area (Å²) >= 11 is 0. The van der Waals surface area contributed by atoms with Gasteiger partial charge >= 0.3 is 0 Å². The summed E-state index contributed by atoms with van der Waals surface area (Å²) in [5, 5.41) is 3.55. The van der Waals surface area contributed by atoms with Crippen molar-refractivity contribution in [3.05, 3.63) is 59.2 Å². The molecule has 0 aromatic heterocycles. The van der Waals surface area contributed by atoms with Crippen molar-refractivity contribution in [1.29, 1.82) is 0 Å². The van der Waals surface area contributed by atoms with Crippen molar-refractivity contribution in [2.45, 2.75) is 46.0 Å². The Labute approximate surface area is 158 Å². The Morgan fingerprint density at radius 1 is 0.846 bits per heavy atom. The van der Waals surface area contributed by atoms with Crippen molar-refractivity contribution in [2.75, 3.05) is 26.8 Å². The average molecular weight is 356 g/mol. The second kappa shape index (κ2) is 11.6. The Kier molecular flexibility index (Phi) is 9.05. The minimum atomic E-state index is 0.679. The van der Waals surface area contributed by atoms with E-state index in [1.807, 2.05) is 6.92 Å². The van der Waals surface area contributed by atoms with Crippen LogP contribution in [0.3, 0.4) is 0 Å². The van der Waals surface area contributed by atoms with Crippen LogP contribution in [-0.2, 0) is 19.3 Å². The molecule has 2 aromatic rings. The van der Waals surface area contributed by atoms with Crippen LogP contribution in [0.4, 0.5) is 0 Å². The first-order chi connectivity index (χ1) is 12.8. The molecule has 2 rings (SSSR count). The summed E-state index contributed by atoms with van der Waals surface area (Å²) < 4.78 is 11.4. The van der Waals surface area contributed by atoms with Crippen LogP contribution in [0.25, 0.3) is 0 Å². The predicted octanol–water partition coefficient (Wildman–Crippen LogP) is 4.81. The minimum absolute atomic E-state index is 0.679. The summed E-state index contributed by atoms with van der Waals surface area (Å²) in [5.74, 6) is 1.91. The largest absolute Gasteiger partial charge is 0.496 e. The van der Waals surface area contributed by atoms with Crippen LogP contribution in [-0.4, -0.2) is 26.8 Å². The van der Waals surface area contributed by atoms with E-state index in [4.69, 9.17) is 9.47 Å². The molecule has 142 valence electrons. The lowest BCUT2D eigenvalue weighted by atomic mass is 10.0. The van der Waals surface area contributed by atoms with Crippen LogP contribution >= 0.6 is 0 Å².